The number of benzene rings is 8. The van der Waals surface area contributed by atoms with E-state index in [4.69, 9.17) is 0 Å². The van der Waals surface area contributed by atoms with Gasteiger partial charge in [0.25, 0.3) is 25.3 Å². The predicted octanol–water partition coefficient (Wildman–Crippen LogP) is 19.8. The number of imidazole rings is 4. The van der Waals surface area contributed by atoms with Gasteiger partial charge in [-0.05, 0) is 255 Å². The smallest absolute Gasteiger partial charge is 0.268 e. The van der Waals surface area contributed by atoms with Crippen molar-refractivity contribution in [2.24, 2.45) is 0 Å². The topological polar surface area (TPSA) is 35.2 Å². The summed E-state index contributed by atoms with van der Waals surface area (Å²) in [7, 11) is 0. The Morgan fingerprint density at radius 3 is 0.439 bits per heavy atom. The van der Waals surface area contributed by atoms with Crippen molar-refractivity contribution in [1.29, 1.82) is 0 Å². The molecule has 0 fully saturated rings. The van der Waals surface area contributed by atoms with Crippen molar-refractivity contribution in [2.75, 3.05) is 0 Å². The van der Waals surface area contributed by atoms with E-state index in [0.717, 1.165) is 0 Å². The van der Waals surface area contributed by atoms with Crippen molar-refractivity contribution in [3.63, 3.8) is 0 Å². The molecule has 2 radical (unpaired) electrons. The van der Waals surface area contributed by atoms with Gasteiger partial charge in [0.1, 0.15) is 0 Å². The molecule has 98 heavy (non-hydrogen) atoms. The molecule has 10 heteroatoms. The quantitative estimate of drug-likeness (QED) is 0.107. The Hall–Kier alpha value is -8.39. The van der Waals surface area contributed by atoms with Gasteiger partial charge < -0.3 is 14.9 Å². The van der Waals surface area contributed by atoms with Crippen LogP contribution in [0.1, 0.15) is 148 Å². The van der Waals surface area contributed by atoms with E-state index >= 15 is 0 Å². The van der Waals surface area contributed by atoms with Crippen LogP contribution >= 0.6 is 0 Å². The van der Waals surface area contributed by atoms with Crippen molar-refractivity contribution < 1.29 is 51.8 Å². The van der Waals surface area contributed by atoms with Crippen molar-refractivity contribution in [3.05, 3.63) is 320 Å². The maximum atomic E-state index is 3.48. The summed E-state index contributed by atoms with van der Waals surface area (Å²) in [6, 6.07) is 35.6. The van der Waals surface area contributed by atoms with Gasteiger partial charge in [0.05, 0.1) is 45.5 Å². The second kappa shape index (κ2) is 34.9. The van der Waals surface area contributed by atoms with Crippen LogP contribution in [0.2, 0.25) is 0 Å². The van der Waals surface area contributed by atoms with E-state index in [0.29, 0.717) is 0 Å². The van der Waals surface area contributed by atoms with Gasteiger partial charge in [0, 0.05) is 83.1 Å². The summed E-state index contributed by atoms with van der Waals surface area (Å²) < 4.78 is 16.8. The number of nitrogens with zero attached hydrogens (tertiary/aromatic N) is 8. The molecule has 8 nitrogen and oxygen atoms in total. The Balaban J connectivity index is 0.000000333. The molecule has 12 aromatic rings. The van der Waals surface area contributed by atoms with Gasteiger partial charge in [-0.25, -0.2) is 0 Å². The third kappa shape index (κ3) is 18.7. The molecule has 0 atom stereocenters. The molecule has 0 saturated carbocycles. The van der Waals surface area contributed by atoms with Gasteiger partial charge in [0.2, 0.25) is 0 Å². The van der Waals surface area contributed by atoms with Crippen molar-refractivity contribution in [2.45, 2.75) is 181 Å². The summed E-state index contributed by atoms with van der Waals surface area (Å²) in [6.07, 6.45) is 30.6. The second-order valence-electron chi connectivity index (χ2n) is 26.5. The fourth-order valence-corrected chi connectivity index (χ4v) is 14.7. The van der Waals surface area contributed by atoms with E-state index in [-0.39, 0.29) is 63.3 Å². The molecule has 0 spiro atoms. The Labute approximate surface area is 612 Å². The number of aryl methyl sites for hydroxylation is 24. The first-order chi connectivity index (χ1) is 43.5. The summed E-state index contributed by atoms with van der Waals surface area (Å²) >= 11 is 0. The van der Waals surface area contributed by atoms with Crippen LogP contribution in [0.15, 0.2) is 147 Å². The zero-order chi connectivity index (χ0) is 66.9. The Bertz CT molecular complexity index is 3680. The molecular formula is C88H110Co2N8-2. The van der Waals surface area contributed by atoms with Crippen LogP contribution in [0.4, 0.5) is 0 Å². The average molecular weight is 1400 g/mol. The Morgan fingerprint density at radius 1 is 0.204 bits per heavy atom. The summed E-state index contributed by atoms with van der Waals surface area (Å²) in [4.78, 5) is 0. The molecule has 0 saturated heterocycles. The van der Waals surface area contributed by atoms with Crippen LogP contribution in [0, 0.1) is 206 Å². The molecule has 0 bridgehead atoms. The molecule has 4 heterocycles. The van der Waals surface area contributed by atoms with Gasteiger partial charge in [0.15, 0.2) is 0 Å². The minimum absolute atomic E-state index is 0. The minimum atomic E-state index is 0. The molecule has 12 rings (SSSR count). The van der Waals surface area contributed by atoms with E-state index in [1.807, 2.05) is 0 Å². The monoisotopic (exact) mass is 1400 g/mol. The molecule has 4 aromatic heterocycles. The van der Waals surface area contributed by atoms with Gasteiger partial charge in [-0.3, -0.25) is 36.5 Å². The van der Waals surface area contributed by atoms with Gasteiger partial charge >= 0.3 is 0 Å². The standard InChI is InChI=1S/4C21H24N2.2CH4.2CH3.2Co/c4*1-14-9-16(3)20(17(4)10-14)22-7-8-23(13-22)21-18(5)11-15(2)12-19(21)6;;;;;;/h4*7-12H,1-6H3;2*1H4;2*1H3;;/q;;;;;;2*-1;;. The number of rotatable bonds is 8. The van der Waals surface area contributed by atoms with E-state index in [1.165, 1.54) is 179 Å². The van der Waals surface area contributed by atoms with Crippen LogP contribution in [0.25, 0.3) is 45.5 Å². The minimum Gasteiger partial charge on any atom is -0.358 e. The summed E-state index contributed by atoms with van der Waals surface area (Å²) in [5, 5.41) is 0. The van der Waals surface area contributed by atoms with Crippen molar-refractivity contribution >= 4 is 0 Å². The number of hydrogen-bond donors (Lipinski definition) is 0. The summed E-state index contributed by atoms with van der Waals surface area (Å²) in [5.41, 5.74) is 40.6. The SMILES string of the molecule is C.C.Cc1cc(C)c(-n2[c-][n+](-c3c(C)cc(C)cc3C)cc2)c(C)c1.Cc1cc(C)c(-n2[c-][n+](-c3c(C)cc(C)cc3C)cc2)c(C)c1.Cc1cc(C)c(-n2[c-][n+](-c3c(C)cc(C)cc3C)cc2)c(C)c1.Cc1cc(C)c(-n2[c-][n+](-c3c(C)cc(C)cc3C)cc2)c(C)c1.[CH3-].[CH3-].[Co].[Co]. The fraction of sp³-hybridized carbons (Fsp3) is 0.295. The molecule has 0 aliphatic carbocycles. The van der Waals surface area contributed by atoms with Crippen LogP contribution in [-0.4, -0.2) is 18.3 Å². The first-order valence-corrected chi connectivity index (χ1v) is 32.2. The molecule has 0 unspecified atom stereocenters. The third-order valence-corrected chi connectivity index (χ3v) is 17.3. The molecule has 0 aliphatic heterocycles. The zero-order valence-electron chi connectivity index (χ0n) is 62.1. The average Bonchev–Trinajstić information content (AvgIpc) is 1.64. The fourth-order valence-electron chi connectivity index (χ4n) is 14.7. The van der Waals surface area contributed by atoms with Crippen molar-refractivity contribution in [1.82, 2.24) is 18.3 Å². The van der Waals surface area contributed by atoms with Gasteiger partial charge in [-0.2, -0.15) is 0 Å². The van der Waals surface area contributed by atoms with Crippen LogP contribution in [0.5, 0.6) is 0 Å². The molecule has 522 valence electrons. The van der Waals surface area contributed by atoms with E-state index < -0.39 is 0 Å². The predicted molar refractivity (Wildman–Crippen MR) is 405 cm³/mol. The Morgan fingerprint density at radius 2 is 0.316 bits per heavy atom. The van der Waals surface area contributed by atoms with Crippen LogP contribution in [0.3, 0.4) is 0 Å². The third-order valence-electron chi connectivity index (χ3n) is 17.3. The van der Waals surface area contributed by atoms with E-state index in [2.05, 4.69) is 375 Å². The van der Waals surface area contributed by atoms with E-state index in [1.54, 1.807) is 0 Å². The first kappa shape index (κ1) is 83.8. The van der Waals surface area contributed by atoms with Crippen molar-refractivity contribution in [3.8, 4) is 45.5 Å². The van der Waals surface area contributed by atoms with Gasteiger partial charge in [-0.1, -0.05) is 156 Å². The second-order valence-corrected chi connectivity index (χ2v) is 26.5. The normalized spacial score (nSPS) is 10.4. The number of hydrogen-bond acceptors (Lipinski definition) is 0. The molecule has 8 aromatic carbocycles. The molecule has 0 amide bonds. The van der Waals surface area contributed by atoms with Crippen LogP contribution in [-0.2, 0) is 33.6 Å². The molecular weight excluding hydrogens is 1290 g/mol. The maximum absolute atomic E-state index is 3.48. The largest absolute Gasteiger partial charge is 0.358 e. The van der Waals surface area contributed by atoms with Gasteiger partial charge in [-0.15, -0.1) is 0 Å². The molecule has 0 aliphatic rings. The maximum Gasteiger partial charge on any atom is 0.268 e. The number of aromatic nitrogens is 8. The molecule has 0 N–H and O–H groups in total. The summed E-state index contributed by atoms with van der Waals surface area (Å²) in [6.45, 7) is 51.7. The van der Waals surface area contributed by atoms with E-state index in [9.17, 15) is 0 Å². The van der Waals surface area contributed by atoms with Crippen LogP contribution < -0.4 is 18.3 Å². The Kier molecular flexibility index (Phi) is 29.9. The first-order valence-electron chi connectivity index (χ1n) is 32.2. The summed E-state index contributed by atoms with van der Waals surface area (Å²) in [5.74, 6) is 0. The zero-order valence-corrected chi connectivity index (χ0v) is 64.2.